The number of benzene rings is 3. The van der Waals surface area contributed by atoms with E-state index in [9.17, 15) is 13.2 Å². The molecule has 0 spiro atoms. The van der Waals surface area contributed by atoms with Crippen LogP contribution in [0.5, 0.6) is 0 Å². The van der Waals surface area contributed by atoms with E-state index in [0.29, 0.717) is 29.6 Å². The monoisotopic (exact) mass is 587 g/mol. The first-order chi connectivity index (χ1) is 20.8. The molecule has 2 aliphatic rings. The van der Waals surface area contributed by atoms with Gasteiger partial charge in [0.25, 0.3) is 0 Å². The van der Waals surface area contributed by atoms with E-state index in [1.807, 2.05) is 10.6 Å². The van der Waals surface area contributed by atoms with Crippen molar-refractivity contribution in [3.8, 4) is 16.8 Å². The second-order valence-electron chi connectivity index (χ2n) is 11.0. The van der Waals surface area contributed by atoms with Crippen molar-refractivity contribution >= 4 is 28.4 Å². The average Bonchev–Trinajstić information content (AvgIpc) is 3.81. The Hall–Kier alpha value is -4.64. The van der Waals surface area contributed by atoms with Gasteiger partial charge in [0.05, 0.1) is 18.2 Å². The van der Waals surface area contributed by atoms with Crippen molar-refractivity contribution in [2.45, 2.75) is 32.0 Å². The fourth-order valence-corrected chi connectivity index (χ4v) is 6.20. The number of nitrogen functional groups attached to an aromatic ring is 1. The van der Waals surface area contributed by atoms with Gasteiger partial charge in [-0.1, -0.05) is 29.4 Å². The van der Waals surface area contributed by atoms with Crippen molar-refractivity contribution in [3.63, 3.8) is 0 Å². The molecule has 4 heterocycles. The van der Waals surface area contributed by atoms with Gasteiger partial charge >= 0.3 is 12.1 Å². The fourth-order valence-electron chi connectivity index (χ4n) is 6.20. The zero-order chi connectivity index (χ0) is 29.7. The van der Waals surface area contributed by atoms with Gasteiger partial charge in [-0.05, 0) is 73.0 Å². The van der Waals surface area contributed by atoms with Crippen molar-refractivity contribution in [1.29, 1.82) is 0 Å². The van der Waals surface area contributed by atoms with Crippen molar-refractivity contribution < 1.29 is 27.0 Å². The molecule has 0 aliphatic carbocycles. The summed E-state index contributed by atoms with van der Waals surface area (Å²) < 4.78 is 55.9. The Balaban J connectivity index is 1.31. The van der Waals surface area contributed by atoms with Crippen LogP contribution in [0.25, 0.3) is 27.8 Å². The molecule has 43 heavy (non-hydrogen) atoms. The van der Waals surface area contributed by atoms with E-state index in [2.05, 4.69) is 51.6 Å². The van der Waals surface area contributed by atoms with Crippen molar-refractivity contribution in [3.05, 3.63) is 89.2 Å². The molecule has 1 fully saturated rings. The smallest absolute Gasteiger partial charge is 0.435 e. The lowest BCUT2D eigenvalue weighted by atomic mass is 9.97. The first kappa shape index (κ1) is 27.2. The number of hydrogen-bond acceptors (Lipinski definition) is 6. The molecule has 1 saturated heterocycles. The molecule has 3 aromatic carbocycles. The molecule has 7 rings (SSSR count). The summed E-state index contributed by atoms with van der Waals surface area (Å²) in [5.41, 5.74) is 11.4. The van der Waals surface area contributed by atoms with E-state index >= 15 is 0 Å². The molecule has 0 unspecified atom stereocenters. The minimum Gasteiger partial charge on any atom is -0.446 e. The van der Waals surface area contributed by atoms with Gasteiger partial charge in [-0.15, -0.1) is 0 Å². The first-order valence-corrected chi connectivity index (χ1v) is 14.2. The summed E-state index contributed by atoms with van der Waals surface area (Å²) in [6.07, 6.45) is -1.46. The maximum Gasteiger partial charge on any atom is 0.435 e. The molecule has 0 atom stereocenters. The molecule has 2 aromatic heterocycles. The Labute approximate surface area is 245 Å². The quantitative estimate of drug-likeness (QED) is 0.196. The summed E-state index contributed by atoms with van der Waals surface area (Å²) >= 11 is 0. The molecule has 220 valence electrons. The Morgan fingerprint density at radius 2 is 1.86 bits per heavy atom. The largest absolute Gasteiger partial charge is 0.446 e. The molecule has 8 nitrogen and oxygen atoms in total. The lowest BCUT2D eigenvalue weighted by molar-refractivity contribution is -0.438. The van der Waals surface area contributed by atoms with Crippen LogP contribution in [-0.2, 0) is 23.9 Å². The van der Waals surface area contributed by atoms with Crippen molar-refractivity contribution in [2.24, 2.45) is 0 Å². The number of halogens is 3. The van der Waals surface area contributed by atoms with E-state index < -0.39 is 11.9 Å². The topological polar surface area (TPSA) is 85.3 Å². The van der Waals surface area contributed by atoms with Crippen LogP contribution in [0.3, 0.4) is 0 Å². The molecular weight excluding hydrogens is 557 g/mol. The number of ether oxygens (including phenoxy) is 1. The van der Waals surface area contributed by atoms with Crippen molar-refractivity contribution in [2.75, 3.05) is 32.5 Å². The number of rotatable bonds is 5. The normalized spacial score (nSPS) is 16.7. The number of nitrogens with two attached hydrogens (primary N) is 1. The van der Waals surface area contributed by atoms with Gasteiger partial charge in [-0.2, -0.15) is 22.8 Å². The van der Waals surface area contributed by atoms with Gasteiger partial charge < -0.3 is 15.0 Å². The van der Waals surface area contributed by atoms with E-state index in [-0.39, 0.29) is 17.4 Å². The summed E-state index contributed by atoms with van der Waals surface area (Å²) in [6.45, 7) is 3.70. The van der Waals surface area contributed by atoms with E-state index in [4.69, 9.17) is 15.0 Å². The fraction of sp³-hybridized carbons (Fsp3) is 0.281. The number of anilines is 1. The van der Waals surface area contributed by atoms with Crippen LogP contribution in [0.4, 0.5) is 24.7 Å². The summed E-state index contributed by atoms with van der Waals surface area (Å²) in [5, 5.41) is 8.17. The lowest BCUT2D eigenvalue weighted by Gasteiger charge is -2.17. The van der Waals surface area contributed by atoms with E-state index in [1.54, 1.807) is 18.2 Å². The third-order valence-corrected chi connectivity index (χ3v) is 8.28. The van der Waals surface area contributed by atoms with Crippen LogP contribution < -0.4 is 5.73 Å². The Bertz CT molecular complexity index is 1870. The summed E-state index contributed by atoms with van der Waals surface area (Å²) in [7, 11) is 1.46. The summed E-state index contributed by atoms with van der Waals surface area (Å²) in [6, 6.07) is 20.6. The minimum absolute atomic E-state index is 0.142. The zero-order valence-corrected chi connectivity index (χ0v) is 23.6. The predicted molar refractivity (Wildman–Crippen MR) is 157 cm³/mol. The third-order valence-electron chi connectivity index (χ3n) is 8.28. The number of fused-ring (bicyclic) bond motifs is 2. The average molecular weight is 588 g/mol. The standard InChI is InChI=1S/C32H30F3N6O2/c1-42-31(27-18-29(32(33,34)35)37-41(27)23-9-11-28-25(17-23)30(36)38-43-28)40-15-12-21-16-20(8-10-26(21)40)24-7-3-2-6-22(24)19-39-13-4-5-14-39/h2-3,6-11,16-18H,4-5,12-15,19H2,1H3,(H2,36,38)/q+1. The third kappa shape index (κ3) is 4.93. The highest BCUT2D eigenvalue weighted by atomic mass is 19.4. The number of hydrogen-bond donors (Lipinski definition) is 1. The molecule has 0 amide bonds. The van der Waals surface area contributed by atoms with Crippen molar-refractivity contribution in [1.82, 2.24) is 19.8 Å². The maximum atomic E-state index is 13.9. The molecule has 0 saturated carbocycles. The second kappa shape index (κ2) is 10.6. The highest BCUT2D eigenvalue weighted by molar-refractivity contribution is 5.92. The summed E-state index contributed by atoms with van der Waals surface area (Å²) in [4.78, 5) is 2.49. The number of likely N-dealkylation sites (tertiary alicyclic amines) is 1. The molecule has 11 heteroatoms. The number of methoxy groups -OCH3 is 1. The van der Waals surface area contributed by atoms with Crippen LogP contribution in [0, 0.1) is 0 Å². The number of aromatic nitrogens is 3. The van der Waals surface area contributed by atoms with Crippen LogP contribution in [0.15, 0.2) is 71.3 Å². The molecule has 0 bridgehead atoms. The second-order valence-corrected chi connectivity index (χ2v) is 11.0. The van der Waals surface area contributed by atoms with Gasteiger partial charge in [0.15, 0.2) is 29.3 Å². The Morgan fingerprint density at radius 3 is 2.65 bits per heavy atom. The van der Waals surface area contributed by atoms with E-state index in [0.717, 1.165) is 42.5 Å². The molecular formula is C32H30F3N6O2+. The highest BCUT2D eigenvalue weighted by Crippen LogP contribution is 2.36. The molecule has 2 aliphatic heterocycles. The Morgan fingerprint density at radius 1 is 1.05 bits per heavy atom. The maximum absolute atomic E-state index is 13.9. The van der Waals surface area contributed by atoms with Gasteiger partial charge in [0.1, 0.15) is 0 Å². The van der Waals surface area contributed by atoms with Gasteiger partial charge in [-0.25, -0.2) is 4.68 Å². The highest BCUT2D eigenvalue weighted by Gasteiger charge is 2.39. The molecule has 5 aromatic rings. The SMILES string of the molecule is COC(c1cc(C(F)(F)F)nn1-c1ccc2onc(N)c2c1)=[N+]1CCc2cc(-c3ccccc3CN3CCCC3)ccc21. The first-order valence-electron chi connectivity index (χ1n) is 14.2. The van der Waals surface area contributed by atoms with Gasteiger partial charge in [0.2, 0.25) is 5.69 Å². The molecule has 0 radical (unpaired) electrons. The number of nitrogens with zero attached hydrogens (tertiary/aromatic N) is 5. The van der Waals surface area contributed by atoms with Crippen LogP contribution in [0.2, 0.25) is 0 Å². The Kier molecular flexibility index (Phi) is 6.69. The van der Waals surface area contributed by atoms with E-state index in [1.165, 1.54) is 35.8 Å². The van der Waals surface area contributed by atoms with Gasteiger partial charge in [-0.3, -0.25) is 4.90 Å². The summed E-state index contributed by atoms with van der Waals surface area (Å²) in [5.74, 6) is 0.408. The van der Waals surface area contributed by atoms with Crippen LogP contribution in [0.1, 0.15) is 35.4 Å². The van der Waals surface area contributed by atoms with Crippen LogP contribution >= 0.6 is 0 Å². The van der Waals surface area contributed by atoms with Gasteiger partial charge in [0, 0.05) is 30.7 Å². The minimum atomic E-state index is -4.65. The molecule has 2 N–H and O–H groups in total. The number of alkyl halides is 3. The predicted octanol–water partition coefficient (Wildman–Crippen LogP) is 6.17. The zero-order valence-electron chi connectivity index (χ0n) is 23.6. The van der Waals surface area contributed by atoms with Crippen LogP contribution in [-0.4, -0.2) is 57.1 Å². The lowest BCUT2D eigenvalue weighted by Crippen LogP contribution is -2.22.